The third-order valence-electron chi connectivity index (χ3n) is 9.54. The minimum absolute atomic E-state index is 0.0634. The third kappa shape index (κ3) is 12.9. The second-order valence-corrected chi connectivity index (χ2v) is 20.0. The summed E-state index contributed by atoms with van der Waals surface area (Å²) in [6.45, 7) is 15.0. The van der Waals surface area contributed by atoms with Crippen molar-refractivity contribution in [3.63, 3.8) is 0 Å². The number of carbonyl (C=O) groups is 3. The van der Waals surface area contributed by atoms with E-state index >= 15 is 0 Å². The van der Waals surface area contributed by atoms with Gasteiger partial charge in [0.25, 0.3) is 0 Å². The summed E-state index contributed by atoms with van der Waals surface area (Å²) < 4.78 is 7.01. The van der Waals surface area contributed by atoms with Crippen molar-refractivity contribution in [3.8, 4) is 0 Å². The quantitative estimate of drug-likeness (QED) is 0.123. The third-order valence-corrected chi connectivity index (χ3v) is 14.0. The minimum atomic E-state index is -2.29. The fraction of sp³-hybridized carbons (Fsp3) is 0.475. The van der Waals surface area contributed by atoms with E-state index < -0.39 is 44.2 Å². The first-order valence-corrected chi connectivity index (χ1v) is 20.4. The van der Waals surface area contributed by atoms with Gasteiger partial charge in [0.2, 0.25) is 17.7 Å². The van der Waals surface area contributed by atoms with Gasteiger partial charge in [-0.1, -0.05) is 126 Å². The van der Waals surface area contributed by atoms with Crippen molar-refractivity contribution >= 4 is 26.0 Å². The zero-order valence-corrected chi connectivity index (χ0v) is 31.4. The SMILES string of the molecule is CC(C)C[C@@H](NC(=O)C(Cc1ccccc1)C[C@H](O[Si](C)(C)C(C)(C)C)[C@@H](N)Cc1ccccc1)C(=O)N[C@@H](Cc1ccccc1)C(N)=O. The second kappa shape index (κ2) is 18.3. The van der Waals surface area contributed by atoms with E-state index in [-0.39, 0.29) is 29.3 Å². The van der Waals surface area contributed by atoms with Crippen LogP contribution in [-0.2, 0) is 38.1 Å². The fourth-order valence-electron chi connectivity index (χ4n) is 5.68. The van der Waals surface area contributed by atoms with E-state index in [2.05, 4.69) is 56.6 Å². The highest BCUT2D eigenvalue weighted by atomic mass is 28.4. The summed E-state index contributed by atoms with van der Waals surface area (Å²) in [6.07, 6.45) is 1.69. The standard InChI is InChI=1S/C40H58N4O4Si/c1-28(2)23-35(39(47)43-34(37(42)45)26-31-21-15-10-16-22-31)44-38(46)32(24-29-17-11-8-12-18-29)27-36(48-49(6,7)40(3,4)5)33(41)25-30-19-13-9-14-20-30/h8-22,28,32-36H,23-27,41H2,1-7H3,(H2,42,45)(H,43,47)(H,44,46)/t32?,33-,34-,35+,36-/m0/s1. The topological polar surface area (TPSA) is 137 Å². The van der Waals surface area contributed by atoms with Crippen LogP contribution < -0.4 is 22.1 Å². The predicted molar refractivity (Wildman–Crippen MR) is 201 cm³/mol. The van der Waals surface area contributed by atoms with Crippen molar-refractivity contribution in [3.05, 3.63) is 108 Å². The number of benzene rings is 3. The number of hydrogen-bond donors (Lipinski definition) is 4. The molecule has 6 N–H and O–H groups in total. The summed E-state index contributed by atoms with van der Waals surface area (Å²) in [4.78, 5) is 40.5. The van der Waals surface area contributed by atoms with Crippen molar-refractivity contribution in [1.82, 2.24) is 10.6 Å². The Morgan fingerprint density at radius 1 is 0.694 bits per heavy atom. The number of nitrogens with two attached hydrogens (primary N) is 2. The van der Waals surface area contributed by atoms with E-state index in [9.17, 15) is 14.4 Å². The molecule has 3 amide bonds. The Labute approximate surface area is 294 Å². The van der Waals surface area contributed by atoms with Crippen molar-refractivity contribution in [2.45, 2.75) is 109 Å². The molecule has 0 fully saturated rings. The van der Waals surface area contributed by atoms with Crippen LogP contribution in [0.25, 0.3) is 0 Å². The number of hydrogen-bond acceptors (Lipinski definition) is 5. The summed E-state index contributed by atoms with van der Waals surface area (Å²) in [5.41, 5.74) is 15.7. The summed E-state index contributed by atoms with van der Waals surface area (Å²) in [7, 11) is -2.29. The lowest BCUT2D eigenvalue weighted by atomic mass is 9.88. The minimum Gasteiger partial charge on any atom is -0.412 e. The molecule has 0 saturated carbocycles. The maximum Gasteiger partial charge on any atom is 0.243 e. The molecule has 0 bridgehead atoms. The number of amides is 3. The normalized spacial score (nSPS) is 15.1. The van der Waals surface area contributed by atoms with Gasteiger partial charge >= 0.3 is 0 Å². The van der Waals surface area contributed by atoms with Crippen molar-refractivity contribution in [1.29, 1.82) is 0 Å². The van der Waals surface area contributed by atoms with Crippen LogP contribution in [0.2, 0.25) is 18.1 Å². The number of carbonyl (C=O) groups excluding carboxylic acids is 3. The molecule has 1 unspecified atom stereocenters. The molecule has 0 saturated heterocycles. The lowest BCUT2D eigenvalue weighted by molar-refractivity contribution is -0.133. The summed E-state index contributed by atoms with van der Waals surface area (Å²) in [5, 5.41) is 5.84. The van der Waals surface area contributed by atoms with Crippen LogP contribution in [0.1, 0.15) is 64.2 Å². The first-order valence-electron chi connectivity index (χ1n) is 17.5. The fourth-order valence-corrected chi connectivity index (χ4v) is 7.06. The van der Waals surface area contributed by atoms with Crippen LogP contribution in [0.4, 0.5) is 0 Å². The van der Waals surface area contributed by atoms with Crippen molar-refractivity contribution in [2.24, 2.45) is 23.3 Å². The molecular weight excluding hydrogens is 629 g/mol. The predicted octanol–water partition coefficient (Wildman–Crippen LogP) is 5.94. The Balaban J connectivity index is 1.91. The van der Waals surface area contributed by atoms with Crippen molar-refractivity contribution in [2.75, 3.05) is 0 Å². The van der Waals surface area contributed by atoms with Gasteiger partial charge in [0.05, 0.1) is 6.10 Å². The average molecular weight is 687 g/mol. The highest BCUT2D eigenvalue weighted by molar-refractivity contribution is 6.74. The maximum absolute atomic E-state index is 14.4. The lowest BCUT2D eigenvalue weighted by Gasteiger charge is -2.41. The summed E-state index contributed by atoms with van der Waals surface area (Å²) in [5.74, 6) is -1.75. The van der Waals surface area contributed by atoms with Gasteiger partial charge < -0.3 is 26.5 Å². The molecule has 49 heavy (non-hydrogen) atoms. The van der Waals surface area contributed by atoms with Crippen LogP contribution in [-0.4, -0.2) is 50.3 Å². The van der Waals surface area contributed by atoms with E-state index in [1.807, 2.05) is 92.7 Å². The highest BCUT2D eigenvalue weighted by Gasteiger charge is 2.41. The number of primary amides is 1. The van der Waals surface area contributed by atoms with Gasteiger partial charge in [-0.3, -0.25) is 14.4 Å². The van der Waals surface area contributed by atoms with Crippen molar-refractivity contribution < 1.29 is 18.8 Å². The molecule has 0 aliphatic heterocycles. The molecule has 0 aliphatic rings. The lowest BCUT2D eigenvalue weighted by Crippen LogP contribution is -2.55. The first kappa shape index (κ1) is 39.6. The highest BCUT2D eigenvalue weighted by Crippen LogP contribution is 2.38. The van der Waals surface area contributed by atoms with E-state index in [0.717, 1.165) is 16.7 Å². The molecule has 5 atom stereocenters. The van der Waals surface area contributed by atoms with E-state index in [0.29, 0.717) is 25.7 Å². The zero-order valence-electron chi connectivity index (χ0n) is 30.4. The Bertz CT molecular complexity index is 1460. The molecule has 3 aromatic rings. The van der Waals surface area contributed by atoms with Gasteiger partial charge in [0, 0.05) is 18.4 Å². The number of nitrogens with one attached hydrogen (secondary N) is 2. The summed E-state index contributed by atoms with van der Waals surface area (Å²) >= 11 is 0. The van der Waals surface area contributed by atoms with E-state index in [1.165, 1.54) is 0 Å². The van der Waals surface area contributed by atoms with Crippen LogP contribution in [0, 0.1) is 11.8 Å². The van der Waals surface area contributed by atoms with Gasteiger partial charge in [0.1, 0.15) is 12.1 Å². The van der Waals surface area contributed by atoms with Gasteiger partial charge in [-0.2, -0.15) is 0 Å². The van der Waals surface area contributed by atoms with Gasteiger partial charge in [-0.05, 0) is 66.4 Å². The van der Waals surface area contributed by atoms with E-state index in [1.54, 1.807) is 0 Å². The second-order valence-electron chi connectivity index (χ2n) is 15.2. The molecule has 3 rings (SSSR count). The molecule has 0 heterocycles. The van der Waals surface area contributed by atoms with Gasteiger partial charge in [-0.15, -0.1) is 0 Å². The maximum atomic E-state index is 14.4. The largest absolute Gasteiger partial charge is 0.412 e. The molecule has 0 aliphatic carbocycles. The van der Waals surface area contributed by atoms with Crippen LogP contribution >= 0.6 is 0 Å². The van der Waals surface area contributed by atoms with E-state index in [4.69, 9.17) is 15.9 Å². The first-order chi connectivity index (χ1) is 23.1. The van der Waals surface area contributed by atoms with Crippen LogP contribution in [0.3, 0.4) is 0 Å². The molecule has 0 aromatic heterocycles. The Morgan fingerprint density at radius 3 is 1.59 bits per heavy atom. The zero-order chi connectivity index (χ0) is 36.2. The molecule has 0 spiro atoms. The summed E-state index contributed by atoms with van der Waals surface area (Å²) in [6, 6.07) is 27.2. The molecule has 3 aromatic carbocycles. The van der Waals surface area contributed by atoms with Crippen LogP contribution in [0.5, 0.6) is 0 Å². The van der Waals surface area contributed by atoms with Gasteiger partial charge in [-0.25, -0.2) is 0 Å². The monoisotopic (exact) mass is 686 g/mol. The number of rotatable bonds is 18. The Morgan fingerprint density at radius 2 is 1.14 bits per heavy atom. The van der Waals surface area contributed by atoms with Crippen LogP contribution in [0.15, 0.2) is 91.0 Å². The smallest absolute Gasteiger partial charge is 0.243 e. The molecule has 0 radical (unpaired) electrons. The molecule has 9 heteroatoms. The Kier molecular flexibility index (Phi) is 14.8. The van der Waals surface area contributed by atoms with Gasteiger partial charge in [0.15, 0.2) is 8.32 Å². The molecule has 266 valence electrons. The molecule has 8 nitrogen and oxygen atoms in total. The Hall–Kier alpha value is -3.79. The average Bonchev–Trinajstić information content (AvgIpc) is 3.04. The molecular formula is C40H58N4O4Si.